The number of hydrogen-bond acceptors (Lipinski definition) is 4. The van der Waals surface area contributed by atoms with Crippen molar-refractivity contribution in [1.82, 2.24) is 0 Å². The lowest BCUT2D eigenvalue weighted by Crippen LogP contribution is -1.94. The molecule has 4 nitrogen and oxygen atoms in total. The molecule has 0 radical (unpaired) electrons. The fourth-order valence-electron chi connectivity index (χ4n) is 0.378. The highest BCUT2D eigenvalue weighted by Gasteiger charge is 1.77. The largest absolute Gasteiger partial charge is 0.371 e. The molecule has 0 heterocycles. The molecule has 0 rings (SSSR count). The van der Waals surface area contributed by atoms with E-state index in [1.54, 1.807) is 12.2 Å². The molecule has 0 aromatic rings. The van der Waals surface area contributed by atoms with Gasteiger partial charge in [0.1, 0.15) is 13.6 Å². The van der Waals surface area contributed by atoms with Gasteiger partial charge in [0.2, 0.25) is 0 Å². The molecule has 4 heteroatoms. The third-order valence-corrected chi connectivity index (χ3v) is 0.777. The van der Waals surface area contributed by atoms with Gasteiger partial charge >= 0.3 is 0 Å². The van der Waals surface area contributed by atoms with Crippen molar-refractivity contribution in [2.45, 2.75) is 0 Å². The first-order chi connectivity index (χ1) is 4.91. The Labute approximate surface area is 59.7 Å². The summed E-state index contributed by atoms with van der Waals surface area (Å²) in [7, 11) is 0. The number of hydrogen-bond donors (Lipinski definition) is 2. The third-order valence-electron chi connectivity index (χ3n) is 0.777. The molecule has 10 heavy (non-hydrogen) atoms. The number of aliphatic hydroxyl groups is 2. The van der Waals surface area contributed by atoms with Crippen LogP contribution in [-0.2, 0) is 9.47 Å². The summed E-state index contributed by atoms with van der Waals surface area (Å²) in [5.41, 5.74) is 0. The van der Waals surface area contributed by atoms with Gasteiger partial charge in [-0.15, -0.1) is 0 Å². The monoisotopic (exact) mass is 148 g/mol. The molecule has 0 aromatic carbocycles. The van der Waals surface area contributed by atoms with Gasteiger partial charge in [0.05, 0.1) is 13.2 Å². The van der Waals surface area contributed by atoms with Crippen molar-refractivity contribution < 1.29 is 19.7 Å². The van der Waals surface area contributed by atoms with Crippen molar-refractivity contribution >= 4 is 0 Å². The maximum atomic E-state index is 8.14. The normalized spacial score (nSPS) is 11.0. The number of aliphatic hydroxyl groups excluding tert-OH is 2. The Bertz CT molecular complexity index is 71.8. The average Bonchev–Trinajstić information content (AvgIpc) is 1.97. The van der Waals surface area contributed by atoms with Crippen LogP contribution >= 0.6 is 0 Å². The van der Waals surface area contributed by atoms with Gasteiger partial charge < -0.3 is 19.7 Å². The van der Waals surface area contributed by atoms with E-state index in [0.29, 0.717) is 13.2 Å². The van der Waals surface area contributed by atoms with E-state index in [0.717, 1.165) is 0 Å². The van der Waals surface area contributed by atoms with Crippen molar-refractivity contribution in [3.8, 4) is 0 Å². The lowest BCUT2D eigenvalue weighted by molar-refractivity contribution is 0.00844. The van der Waals surface area contributed by atoms with E-state index in [4.69, 9.17) is 10.2 Å². The fraction of sp³-hybridized carbons (Fsp3) is 0.667. The molecule has 0 aromatic heterocycles. The van der Waals surface area contributed by atoms with E-state index in [1.807, 2.05) is 0 Å². The minimum absolute atomic E-state index is 0.273. The van der Waals surface area contributed by atoms with Gasteiger partial charge in [-0.05, 0) is 0 Å². The summed E-state index contributed by atoms with van der Waals surface area (Å²) in [4.78, 5) is 0. The molecule has 0 bridgehead atoms. The molecule has 0 aliphatic rings. The van der Waals surface area contributed by atoms with Crippen molar-refractivity contribution in [3.05, 3.63) is 12.2 Å². The van der Waals surface area contributed by atoms with Crippen LogP contribution in [0.1, 0.15) is 0 Å². The van der Waals surface area contributed by atoms with E-state index in [9.17, 15) is 0 Å². The van der Waals surface area contributed by atoms with Crippen molar-refractivity contribution in [2.75, 3.05) is 26.8 Å². The molecule has 0 aliphatic carbocycles. The fourth-order valence-corrected chi connectivity index (χ4v) is 0.378. The van der Waals surface area contributed by atoms with Crippen LogP contribution in [0.4, 0.5) is 0 Å². The first-order valence-corrected chi connectivity index (χ1v) is 2.94. The Morgan fingerprint density at radius 3 is 1.60 bits per heavy atom. The third kappa shape index (κ3) is 7.58. The second-order valence-electron chi connectivity index (χ2n) is 1.47. The van der Waals surface area contributed by atoms with Crippen LogP contribution in [0.3, 0.4) is 0 Å². The second-order valence-corrected chi connectivity index (χ2v) is 1.47. The standard InChI is InChI=1S/C6H12O4/c7-5-9-3-1-2-4-10-6-8/h1-2,7-8H,3-6H2/b2-1+. The minimum atomic E-state index is -0.273. The Morgan fingerprint density at radius 1 is 0.900 bits per heavy atom. The highest BCUT2D eigenvalue weighted by atomic mass is 16.6. The number of ether oxygens (including phenoxy) is 2. The molecule has 0 saturated carbocycles. The quantitative estimate of drug-likeness (QED) is 0.302. The molecule has 0 unspecified atom stereocenters. The summed E-state index contributed by atoms with van der Waals surface area (Å²) >= 11 is 0. The molecular weight excluding hydrogens is 136 g/mol. The van der Waals surface area contributed by atoms with Crippen LogP contribution in [0.15, 0.2) is 12.2 Å². The highest BCUT2D eigenvalue weighted by Crippen LogP contribution is 1.77. The van der Waals surface area contributed by atoms with E-state index in [2.05, 4.69) is 9.47 Å². The van der Waals surface area contributed by atoms with Gasteiger partial charge in [0, 0.05) is 0 Å². The molecule has 0 fully saturated rings. The topological polar surface area (TPSA) is 58.9 Å². The van der Waals surface area contributed by atoms with Crippen molar-refractivity contribution in [2.24, 2.45) is 0 Å². The van der Waals surface area contributed by atoms with Gasteiger partial charge in [0.25, 0.3) is 0 Å². The van der Waals surface area contributed by atoms with E-state index < -0.39 is 0 Å². The SMILES string of the molecule is OCOC/C=C/COCO. The van der Waals surface area contributed by atoms with Crippen LogP contribution in [0.25, 0.3) is 0 Å². The lowest BCUT2D eigenvalue weighted by atomic mass is 10.5. The molecule has 2 N–H and O–H groups in total. The molecule has 0 amide bonds. The van der Waals surface area contributed by atoms with Crippen LogP contribution in [0, 0.1) is 0 Å². The van der Waals surface area contributed by atoms with Crippen molar-refractivity contribution in [3.63, 3.8) is 0 Å². The van der Waals surface area contributed by atoms with Crippen LogP contribution in [0.2, 0.25) is 0 Å². The molecule has 60 valence electrons. The minimum Gasteiger partial charge on any atom is -0.371 e. The predicted molar refractivity (Wildman–Crippen MR) is 35.2 cm³/mol. The second kappa shape index (κ2) is 8.58. The zero-order chi connectivity index (χ0) is 7.66. The zero-order valence-electron chi connectivity index (χ0n) is 5.69. The molecule has 0 saturated heterocycles. The molecule has 0 atom stereocenters. The van der Waals surface area contributed by atoms with Crippen molar-refractivity contribution in [1.29, 1.82) is 0 Å². The van der Waals surface area contributed by atoms with Crippen LogP contribution in [-0.4, -0.2) is 37.0 Å². The smallest absolute Gasteiger partial charge is 0.143 e. The molecule has 0 aliphatic heterocycles. The summed E-state index contributed by atoms with van der Waals surface area (Å²) in [6.45, 7) is 0.187. The Hall–Kier alpha value is -0.420. The average molecular weight is 148 g/mol. The molecular formula is C6H12O4. The summed E-state index contributed by atoms with van der Waals surface area (Å²) in [6.07, 6.45) is 3.40. The van der Waals surface area contributed by atoms with Crippen LogP contribution < -0.4 is 0 Å². The van der Waals surface area contributed by atoms with Crippen LogP contribution in [0.5, 0.6) is 0 Å². The predicted octanol–water partition coefficient (Wildman–Crippen LogP) is -0.525. The summed E-state index contributed by atoms with van der Waals surface area (Å²) in [5, 5.41) is 16.3. The Kier molecular flexibility index (Phi) is 8.22. The van der Waals surface area contributed by atoms with Gasteiger partial charge in [-0.1, -0.05) is 12.2 Å². The van der Waals surface area contributed by atoms with E-state index >= 15 is 0 Å². The first kappa shape index (κ1) is 9.58. The number of rotatable bonds is 6. The maximum absolute atomic E-state index is 8.14. The van der Waals surface area contributed by atoms with Gasteiger partial charge in [0.15, 0.2) is 0 Å². The summed E-state index contributed by atoms with van der Waals surface area (Å²) < 4.78 is 9.13. The molecule has 0 spiro atoms. The first-order valence-electron chi connectivity index (χ1n) is 2.94. The van der Waals surface area contributed by atoms with Gasteiger partial charge in [-0.3, -0.25) is 0 Å². The highest BCUT2D eigenvalue weighted by molar-refractivity contribution is 4.80. The maximum Gasteiger partial charge on any atom is 0.143 e. The van der Waals surface area contributed by atoms with E-state index in [-0.39, 0.29) is 13.6 Å². The zero-order valence-corrected chi connectivity index (χ0v) is 5.69. The lowest BCUT2D eigenvalue weighted by Gasteiger charge is -1.93. The van der Waals surface area contributed by atoms with Gasteiger partial charge in [-0.2, -0.15) is 0 Å². The van der Waals surface area contributed by atoms with Gasteiger partial charge in [-0.25, -0.2) is 0 Å². The summed E-state index contributed by atoms with van der Waals surface area (Å²) in [6, 6.07) is 0. The Balaban J connectivity index is 2.89. The van der Waals surface area contributed by atoms with E-state index in [1.165, 1.54) is 0 Å². The summed E-state index contributed by atoms with van der Waals surface area (Å²) in [5.74, 6) is 0. The Morgan fingerprint density at radius 2 is 1.30 bits per heavy atom.